The number of carbonyl (C=O) groups is 1. The molecule has 0 fully saturated rings. The number of hydrogen-bond acceptors (Lipinski definition) is 4. The minimum absolute atomic E-state index is 0.304. The Morgan fingerprint density at radius 1 is 1.64 bits per heavy atom. The Morgan fingerprint density at radius 3 is 2.57 bits per heavy atom. The summed E-state index contributed by atoms with van der Waals surface area (Å²) in [7, 11) is 0. The van der Waals surface area contributed by atoms with E-state index in [4.69, 9.17) is 5.11 Å². The van der Waals surface area contributed by atoms with Gasteiger partial charge >= 0.3 is 5.97 Å². The van der Waals surface area contributed by atoms with Crippen LogP contribution in [0.2, 0.25) is 0 Å². The van der Waals surface area contributed by atoms with E-state index in [2.05, 4.69) is 5.32 Å². The fourth-order valence-electron chi connectivity index (χ4n) is 1.11. The lowest BCUT2D eigenvalue weighted by Gasteiger charge is -2.24. The van der Waals surface area contributed by atoms with Crippen molar-refractivity contribution in [3.63, 3.8) is 0 Å². The second-order valence-electron chi connectivity index (χ2n) is 3.61. The van der Waals surface area contributed by atoms with Gasteiger partial charge < -0.3 is 15.5 Å². The van der Waals surface area contributed by atoms with Crippen molar-refractivity contribution in [3.8, 4) is 0 Å². The molecular formula is C9H19NO3S. The van der Waals surface area contributed by atoms with E-state index < -0.39 is 17.6 Å². The van der Waals surface area contributed by atoms with Crippen molar-refractivity contribution in [3.05, 3.63) is 0 Å². The van der Waals surface area contributed by atoms with E-state index in [1.165, 1.54) is 11.8 Å². The second-order valence-corrected chi connectivity index (χ2v) is 4.48. The van der Waals surface area contributed by atoms with Crippen LogP contribution in [-0.2, 0) is 4.79 Å². The molecule has 0 aliphatic heterocycles. The number of hydrogen-bond donors (Lipinski definition) is 3. The maximum Gasteiger partial charge on any atom is 0.320 e. The number of aliphatic hydroxyl groups is 1. The number of carboxylic acid groups (broad SMARTS) is 1. The molecule has 0 heterocycles. The van der Waals surface area contributed by atoms with Gasteiger partial charge in [-0.05, 0) is 19.6 Å². The molecule has 0 amide bonds. The Morgan fingerprint density at radius 2 is 2.21 bits per heavy atom. The van der Waals surface area contributed by atoms with Gasteiger partial charge in [0, 0.05) is 12.3 Å². The van der Waals surface area contributed by atoms with Crippen molar-refractivity contribution < 1.29 is 15.0 Å². The summed E-state index contributed by atoms with van der Waals surface area (Å²) >= 11 is 1.54. The summed E-state index contributed by atoms with van der Waals surface area (Å²) in [5, 5.41) is 21.3. The maximum absolute atomic E-state index is 10.7. The molecule has 0 aromatic rings. The number of aliphatic carboxylic acids is 1. The molecule has 4 nitrogen and oxygen atoms in total. The Balaban J connectivity index is 3.95. The zero-order valence-electron chi connectivity index (χ0n) is 8.91. The predicted octanol–water partition coefficient (Wildman–Crippen LogP) is 0.553. The highest BCUT2D eigenvalue weighted by Gasteiger charge is 2.23. The van der Waals surface area contributed by atoms with Crippen molar-refractivity contribution in [1.82, 2.24) is 5.32 Å². The molecule has 0 aliphatic carbocycles. The van der Waals surface area contributed by atoms with Gasteiger partial charge in [0.05, 0.1) is 5.60 Å². The SMILES string of the molecule is CCC(NCC(C)(O)CSC)C(=O)O. The zero-order chi connectivity index (χ0) is 11.2. The first-order chi connectivity index (χ1) is 6.43. The first-order valence-electron chi connectivity index (χ1n) is 4.60. The van der Waals surface area contributed by atoms with E-state index in [0.29, 0.717) is 18.7 Å². The molecule has 0 radical (unpaired) electrons. The average molecular weight is 221 g/mol. The summed E-state index contributed by atoms with van der Waals surface area (Å²) in [5.74, 6) is -0.275. The van der Waals surface area contributed by atoms with Gasteiger partial charge in [0.1, 0.15) is 6.04 Å². The second kappa shape index (κ2) is 6.27. The number of thioether (sulfide) groups is 1. The van der Waals surface area contributed by atoms with Crippen molar-refractivity contribution in [1.29, 1.82) is 0 Å². The van der Waals surface area contributed by atoms with E-state index in [0.717, 1.165) is 0 Å². The molecule has 0 bridgehead atoms. The molecule has 0 spiro atoms. The maximum atomic E-state index is 10.7. The van der Waals surface area contributed by atoms with Crippen LogP contribution < -0.4 is 5.32 Å². The fourth-order valence-corrected chi connectivity index (χ4v) is 1.84. The lowest BCUT2D eigenvalue weighted by Crippen LogP contribution is -2.46. The molecule has 2 unspecified atom stereocenters. The van der Waals surface area contributed by atoms with Crippen molar-refractivity contribution in [2.75, 3.05) is 18.6 Å². The highest BCUT2D eigenvalue weighted by Crippen LogP contribution is 2.09. The lowest BCUT2D eigenvalue weighted by atomic mass is 10.1. The molecule has 0 rings (SSSR count). The van der Waals surface area contributed by atoms with Crippen LogP contribution in [0.5, 0.6) is 0 Å². The molecule has 14 heavy (non-hydrogen) atoms. The lowest BCUT2D eigenvalue weighted by molar-refractivity contribution is -0.139. The summed E-state index contributed by atoms with van der Waals surface area (Å²) in [6.45, 7) is 3.80. The quantitative estimate of drug-likeness (QED) is 0.586. The molecule has 0 aliphatic rings. The van der Waals surface area contributed by atoms with Crippen LogP contribution >= 0.6 is 11.8 Å². The predicted molar refractivity (Wildman–Crippen MR) is 58.7 cm³/mol. The topological polar surface area (TPSA) is 69.6 Å². The summed E-state index contributed by atoms with van der Waals surface area (Å²) in [6.07, 6.45) is 2.42. The van der Waals surface area contributed by atoms with Gasteiger partial charge in [-0.15, -0.1) is 0 Å². The molecule has 0 aromatic heterocycles. The smallest absolute Gasteiger partial charge is 0.320 e. The normalized spacial score (nSPS) is 17.4. The molecule has 0 saturated heterocycles. The Labute approximate surface area is 89.1 Å². The third-order valence-corrected chi connectivity index (χ3v) is 2.80. The first kappa shape index (κ1) is 13.7. The third-order valence-electron chi connectivity index (χ3n) is 1.89. The van der Waals surface area contributed by atoms with Gasteiger partial charge in [0.25, 0.3) is 0 Å². The third kappa shape index (κ3) is 5.47. The summed E-state index contributed by atoms with van der Waals surface area (Å²) < 4.78 is 0. The van der Waals surface area contributed by atoms with Gasteiger partial charge in [-0.25, -0.2) is 0 Å². The molecular weight excluding hydrogens is 202 g/mol. The number of carboxylic acids is 1. The van der Waals surface area contributed by atoms with Crippen LogP contribution in [0.25, 0.3) is 0 Å². The van der Waals surface area contributed by atoms with Gasteiger partial charge in [0.2, 0.25) is 0 Å². The van der Waals surface area contributed by atoms with Crippen LogP contribution in [-0.4, -0.2) is 46.4 Å². The summed E-state index contributed by atoms with van der Waals surface area (Å²) in [6, 6.07) is -0.566. The summed E-state index contributed by atoms with van der Waals surface area (Å²) in [4.78, 5) is 10.7. The Bertz CT molecular complexity index is 185. The molecule has 0 saturated carbocycles. The van der Waals surface area contributed by atoms with Gasteiger partial charge in [-0.2, -0.15) is 11.8 Å². The van der Waals surface area contributed by atoms with Gasteiger partial charge in [0.15, 0.2) is 0 Å². The van der Waals surface area contributed by atoms with E-state index in [1.54, 1.807) is 13.8 Å². The first-order valence-corrected chi connectivity index (χ1v) is 6.00. The van der Waals surface area contributed by atoms with Crippen LogP contribution in [0.4, 0.5) is 0 Å². The molecule has 2 atom stereocenters. The van der Waals surface area contributed by atoms with Crippen molar-refractivity contribution in [2.45, 2.75) is 31.9 Å². The van der Waals surface area contributed by atoms with Crippen LogP contribution in [0, 0.1) is 0 Å². The van der Waals surface area contributed by atoms with Crippen LogP contribution in [0.15, 0.2) is 0 Å². The summed E-state index contributed by atoms with van der Waals surface area (Å²) in [5.41, 5.74) is -0.845. The van der Waals surface area contributed by atoms with E-state index in [-0.39, 0.29) is 0 Å². The van der Waals surface area contributed by atoms with E-state index in [9.17, 15) is 9.90 Å². The highest BCUT2D eigenvalue weighted by atomic mass is 32.2. The van der Waals surface area contributed by atoms with Crippen LogP contribution in [0.1, 0.15) is 20.3 Å². The monoisotopic (exact) mass is 221 g/mol. The van der Waals surface area contributed by atoms with Crippen molar-refractivity contribution in [2.24, 2.45) is 0 Å². The zero-order valence-corrected chi connectivity index (χ0v) is 9.73. The molecule has 0 aromatic carbocycles. The van der Waals surface area contributed by atoms with Crippen LogP contribution in [0.3, 0.4) is 0 Å². The van der Waals surface area contributed by atoms with Gasteiger partial charge in [-0.3, -0.25) is 4.79 Å². The Hall–Kier alpha value is -0.260. The van der Waals surface area contributed by atoms with Crippen molar-refractivity contribution >= 4 is 17.7 Å². The largest absolute Gasteiger partial charge is 0.480 e. The minimum atomic E-state index is -0.868. The minimum Gasteiger partial charge on any atom is -0.480 e. The van der Waals surface area contributed by atoms with E-state index in [1.807, 2.05) is 6.26 Å². The highest BCUT2D eigenvalue weighted by molar-refractivity contribution is 7.98. The standard InChI is InChI=1S/C9H19NO3S/c1-4-7(8(11)12)10-5-9(2,13)6-14-3/h7,10,13H,4-6H2,1-3H3,(H,11,12). The Kier molecular flexibility index (Phi) is 6.15. The average Bonchev–Trinajstić information content (AvgIpc) is 2.04. The van der Waals surface area contributed by atoms with E-state index >= 15 is 0 Å². The fraction of sp³-hybridized carbons (Fsp3) is 0.889. The molecule has 84 valence electrons. The molecule has 3 N–H and O–H groups in total. The van der Waals surface area contributed by atoms with Gasteiger partial charge in [-0.1, -0.05) is 6.92 Å². The number of rotatable bonds is 7. The molecule has 5 heteroatoms. The number of nitrogens with one attached hydrogen (secondary N) is 1.